The van der Waals surface area contributed by atoms with Crippen LogP contribution in [0.4, 0.5) is 0 Å². The molecule has 0 radical (unpaired) electrons. The summed E-state index contributed by atoms with van der Waals surface area (Å²) in [5.74, 6) is 0.433. The van der Waals surface area contributed by atoms with Crippen LogP contribution in [0.3, 0.4) is 0 Å². The zero-order chi connectivity index (χ0) is 8.44. The van der Waals surface area contributed by atoms with Crippen LogP contribution in [0.15, 0.2) is 0 Å². The first-order chi connectivity index (χ1) is 5.81. The van der Waals surface area contributed by atoms with Crippen molar-refractivity contribution in [2.24, 2.45) is 0 Å². The van der Waals surface area contributed by atoms with Crippen molar-refractivity contribution in [2.45, 2.75) is 50.5 Å². The van der Waals surface area contributed by atoms with Crippen LogP contribution < -0.4 is 0 Å². The Hall–Kier alpha value is -0.370. The molecule has 1 unspecified atom stereocenters. The summed E-state index contributed by atoms with van der Waals surface area (Å²) >= 11 is 0. The van der Waals surface area contributed by atoms with E-state index in [1.165, 1.54) is 12.8 Å². The van der Waals surface area contributed by atoms with Crippen LogP contribution in [0.5, 0.6) is 0 Å². The highest BCUT2D eigenvalue weighted by molar-refractivity contribution is 5.78. The molecule has 1 aliphatic carbocycles. The Balaban J connectivity index is 2.01. The Bertz CT molecular complexity index is 180. The first-order valence-corrected chi connectivity index (χ1v) is 4.96. The summed E-state index contributed by atoms with van der Waals surface area (Å²) in [5.41, 5.74) is 0.117. The number of ketones is 1. The van der Waals surface area contributed by atoms with E-state index in [1.807, 2.05) is 0 Å². The standard InChI is InChI=1S/C10H16O2/c11-9-3-1-5-10(7-4-9)6-2-8-12-10/h1-8H2. The number of hydrogen-bond acceptors (Lipinski definition) is 2. The van der Waals surface area contributed by atoms with Crippen molar-refractivity contribution < 1.29 is 9.53 Å². The molecule has 2 heteroatoms. The Morgan fingerprint density at radius 3 is 2.67 bits per heavy atom. The van der Waals surface area contributed by atoms with E-state index in [1.54, 1.807) is 0 Å². The summed E-state index contributed by atoms with van der Waals surface area (Å²) in [4.78, 5) is 11.2. The molecule has 0 aromatic heterocycles. The van der Waals surface area contributed by atoms with Crippen LogP contribution in [-0.4, -0.2) is 18.0 Å². The van der Waals surface area contributed by atoms with Gasteiger partial charge in [0, 0.05) is 19.4 Å². The van der Waals surface area contributed by atoms with Crippen LogP contribution in [0, 0.1) is 0 Å². The molecule has 1 aliphatic heterocycles. The van der Waals surface area contributed by atoms with E-state index in [9.17, 15) is 4.79 Å². The fourth-order valence-electron chi connectivity index (χ4n) is 2.37. The maximum absolute atomic E-state index is 11.2. The van der Waals surface area contributed by atoms with E-state index in [4.69, 9.17) is 4.74 Å². The highest BCUT2D eigenvalue weighted by Gasteiger charge is 2.36. The van der Waals surface area contributed by atoms with Gasteiger partial charge in [0.2, 0.25) is 0 Å². The van der Waals surface area contributed by atoms with Gasteiger partial charge >= 0.3 is 0 Å². The highest BCUT2D eigenvalue weighted by atomic mass is 16.5. The molecule has 2 fully saturated rings. The predicted molar refractivity (Wildman–Crippen MR) is 46.0 cm³/mol. The third-order valence-electron chi connectivity index (χ3n) is 3.13. The van der Waals surface area contributed by atoms with Gasteiger partial charge in [-0.3, -0.25) is 4.79 Å². The lowest BCUT2D eigenvalue weighted by molar-refractivity contribution is -0.119. The molecular weight excluding hydrogens is 152 g/mol. The highest BCUT2D eigenvalue weighted by Crippen LogP contribution is 2.37. The van der Waals surface area contributed by atoms with Gasteiger partial charge in [-0.15, -0.1) is 0 Å². The maximum atomic E-state index is 11.2. The van der Waals surface area contributed by atoms with Crippen LogP contribution in [-0.2, 0) is 9.53 Å². The SMILES string of the molecule is O=C1CCCC2(CCCO2)CC1. The van der Waals surface area contributed by atoms with Crippen molar-refractivity contribution in [2.75, 3.05) is 6.61 Å². The molecule has 0 bridgehead atoms. The van der Waals surface area contributed by atoms with Crippen molar-refractivity contribution in [1.82, 2.24) is 0 Å². The van der Waals surface area contributed by atoms with E-state index in [0.717, 1.165) is 38.7 Å². The van der Waals surface area contributed by atoms with Gasteiger partial charge in [-0.2, -0.15) is 0 Å². The van der Waals surface area contributed by atoms with Crippen molar-refractivity contribution in [3.8, 4) is 0 Å². The molecule has 68 valence electrons. The molecule has 0 amide bonds. The Labute approximate surface area is 73.3 Å². The summed E-state index contributed by atoms with van der Waals surface area (Å²) in [7, 11) is 0. The Kier molecular flexibility index (Phi) is 2.18. The van der Waals surface area contributed by atoms with Crippen molar-refractivity contribution in [1.29, 1.82) is 0 Å². The minimum atomic E-state index is 0.117. The monoisotopic (exact) mass is 168 g/mol. The topological polar surface area (TPSA) is 26.3 Å². The van der Waals surface area contributed by atoms with Gasteiger partial charge in [0.15, 0.2) is 0 Å². The van der Waals surface area contributed by atoms with Crippen molar-refractivity contribution in [3.63, 3.8) is 0 Å². The summed E-state index contributed by atoms with van der Waals surface area (Å²) in [6, 6.07) is 0. The van der Waals surface area contributed by atoms with Crippen molar-refractivity contribution >= 4 is 5.78 Å². The molecule has 0 aromatic carbocycles. The molecule has 12 heavy (non-hydrogen) atoms. The maximum Gasteiger partial charge on any atom is 0.133 e. The lowest BCUT2D eigenvalue weighted by Crippen LogP contribution is -2.26. The average molecular weight is 168 g/mol. The third-order valence-corrected chi connectivity index (χ3v) is 3.13. The largest absolute Gasteiger partial charge is 0.375 e. The van der Waals surface area contributed by atoms with E-state index in [-0.39, 0.29) is 5.60 Å². The van der Waals surface area contributed by atoms with Gasteiger partial charge in [0.25, 0.3) is 0 Å². The molecule has 1 saturated heterocycles. The van der Waals surface area contributed by atoms with Crippen LogP contribution >= 0.6 is 0 Å². The first kappa shape index (κ1) is 8.24. The number of hydrogen-bond donors (Lipinski definition) is 0. The number of carbonyl (C=O) groups is 1. The fraction of sp³-hybridized carbons (Fsp3) is 0.900. The van der Waals surface area contributed by atoms with Gasteiger partial charge in [-0.05, 0) is 32.1 Å². The van der Waals surface area contributed by atoms with E-state index in [0.29, 0.717) is 5.78 Å². The molecule has 2 rings (SSSR count). The molecule has 0 aromatic rings. The second-order valence-electron chi connectivity index (χ2n) is 4.03. The Morgan fingerprint density at radius 2 is 1.92 bits per heavy atom. The normalized spacial score (nSPS) is 37.2. The number of carbonyl (C=O) groups excluding carboxylic acids is 1. The van der Waals surface area contributed by atoms with Crippen LogP contribution in [0.1, 0.15) is 44.9 Å². The van der Waals surface area contributed by atoms with E-state index in [2.05, 4.69) is 0 Å². The molecule has 1 spiro atoms. The number of ether oxygens (including phenoxy) is 1. The van der Waals surface area contributed by atoms with E-state index < -0.39 is 0 Å². The lowest BCUT2D eigenvalue weighted by Gasteiger charge is -2.25. The van der Waals surface area contributed by atoms with Gasteiger partial charge in [-0.25, -0.2) is 0 Å². The third kappa shape index (κ3) is 1.53. The molecule has 2 nitrogen and oxygen atoms in total. The molecule has 1 atom stereocenters. The minimum absolute atomic E-state index is 0.117. The smallest absolute Gasteiger partial charge is 0.133 e. The zero-order valence-electron chi connectivity index (χ0n) is 7.47. The van der Waals surface area contributed by atoms with E-state index >= 15 is 0 Å². The minimum Gasteiger partial charge on any atom is -0.375 e. The molecule has 1 heterocycles. The predicted octanol–water partition coefficient (Wildman–Crippen LogP) is 2.07. The summed E-state index contributed by atoms with van der Waals surface area (Å²) < 4.78 is 5.76. The lowest BCUT2D eigenvalue weighted by atomic mass is 9.91. The Morgan fingerprint density at radius 1 is 1.08 bits per heavy atom. The second kappa shape index (κ2) is 3.17. The molecule has 0 N–H and O–H groups in total. The van der Waals surface area contributed by atoms with Gasteiger partial charge in [-0.1, -0.05) is 0 Å². The van der Waals surface area contributed by atoms with Gasteiger partial charge in [0.1, 0.15) is 5.78 Å². The summed E-state index contributed by atoms with van der Waals surface area (Å²) in [5, 5.41) is 0. The molecule has 1 saturated carbocycles. The van der Waals surface area contributed by atoms with Crippen LogP contribution in [0.2, 0.25) is 0 Å². The first-order valence-electron chi connectivity index (χ1n) is 4.96. The molecular formula is C10H16O2. The number of rotatable bonds is 0. The summed E-state index contributed by atoms with van der Waals surface area (Å²) in [6.45, 7) is 0.911. The molecule has 2 aliphatic rings. The average Bonchev–Trinajstić information content (AvgIpc) is 2.42. The van der Waals surface area contributed by atoms with Crippen molar-refractivity contribution in [3.05, 3.63) is 0 Å². The van der Waals surface area contributed by atoms with Gasteiger partial charge in [0.05, 0.1) is 5.60 Å². The second-order valence-corrected chi connectivity index (χ2v) is 4.03. The zero-order valence-corrected chi connectivity index (χ0v) is 7.47. The quantitative estimate of drug-likeness (QED) is 0.553. The number of Topliss-reactive ketones (excluding diaryl/α,β-unsaturated/α-hetero) is 1. The van der Waals surface area contributed by atoms with Gasteiger partial charge < -0.3 is 4.74 Å². The van der Waals surface area contributed by atoms with Crippen LogP contribution in [0.25, 0.3) is 0 Å². The summed E-state index contributed by atoms with van der Waals surface area (Å²) in [6.07, 6.45) is 7.03. The fourth-order valence-corrected chi connectivity index (χ4v) is 2.37.